The van der Waals surface area contributed by atoms with Crippen molar-refractivity contribution >= 4 is 33.2 Å². The number of pyridine rings is 1. The van der Waals surface area contributed by atoms with Crippen molar-refractivity contribution in [2.75, 3.05) is 0 Å². The lowest BCUT2D eigenvalue weighted by Gasteiger charge is -2.02. The van der Waals surface area contributed by atoms with Crippen molar-refractivity contribution in [1.29, 1.82) is 0 Å². The van der Waals surface area contributed by atoms with E-state index in [0.29, 0.717) is 11.6 Å². The Kier molecular flexibility index (Phi) is 5.33. The number of fused-ring (bicyclic) bond motifs is 1. The maximum absolute atomic E-state index is 13.2. The number of aromatic nitrogens is 2. The summed E-state index contributed by atoms with van der Waals surface area (Å²) in [6, 6.07) is 16.6. The molecule has 2 heterocycles. The van der Waals surface area contributed by atoms with Crippen LogP contribution in [0.1, 0.15) is 5.56 Å². The van der Waals surface area contributed by atoms with E-state index in [9.17, 15) is 4.39 Å². The summed E-state index contributed by atoms with van der Waals surface area (Å²) >= 11 is 7.80. The van der Waals surface area contributed by atoms with Crippen LogP contribution in [-0.4, -0.2) is 4.98 Å². The average Bonchev–Trinajstić information content (AvgIpc) is 3.02. The average molecular weight is 391 g/mol. The third-order valence-electron chi connectivity index (χ3n) is 3.77. The molecular formula is C19H13Cl2FN2S. The van der Waals surface area contributed by atoms with Crippen molar-refractivity contribution in [2.24, 2.45) is 0 Å². The summed E-state index contributed by atoms with van der Waals surface area (Å²) in [5.41, 5.74) is 2.94. The van der Waals surface area contributed by atoms with E-state index in [1.807, 2.05) is 47.3 Å². The zero-order chi connectivity index (χ0) is 16.5. The van der Waals surface area contributed by atoms with Gasteiger partial charge in [-0.2, -0.15) is 0 Å². The normalized spacial score (nSPS) is 10.6. The van der Waals surface area contributed by atoms with Crippen LogP contribution < -0.4 is 17.0 Å². The van der Waals surface area contributed by atoms with Gasteiger partial charge in [-0.1, -0.05) is 23.7 Å². The van der Waals surface area contributed by atoms with E-state index >= 15 is 0 Å². The Hall–Kier alpha value is -2.01. The number of hydrogen-bond acceptors (Lipinski definition) is 2. The first kappa shape index (κ1) is 17.8. The van der Waals surface area contributed by atoms with Gasteiger partial charge in [0.05, 0.1) is 20.8 Å². The second kappa shape index (κ2) is 7.48. The van der Waals surface area contributed by atoms with Crippen molar-refractivity contribution < 1.29 is 21.4 Å². The lowest BCUT2D eigenvalue weighted by atomic mass is 10.2. The molecule has 0 fully saturated rings. The van der Waals surface area contributed by atoms with Gasteiger partial charge >= 0.3 is 0 Å². The lowest BCUT2D eigenvalue weighted by Crippen LogP contribution is -3.00. The summed E-state index contributed by atoms with van der Waals surface area (Å²) < 4.78 is 16.4. The highest BCUT2D eigenvalue weighted by Gasteiger charge is 2.12. The standard InChI is InChI=1S/C19H13ClFN2S.ClH/c20-16-10-15(21)8-7-13(16)11-23-9-3-4-14(12-23)19-22-17-5-1-2-6-18(17)24-19;/h1-10,12H,11H2;1H/q+1;/p-1. The summed E-state index contributed by atoms with van der Waals surface area (Å²) in [5.74, 6) is -0.322. The minimum absolute atomic E-state index is 0. The molecule has 126 valence electrons. The number of nitrogens with zero attached hydrogens (tertiary/aromatic N) is 2. The molecule has 0 aliphatic rings. The van der Waals surface area contributed by atoms with E-state index < -0.39 is 0 Å². The molecule has 2 aromatic carbocycles. The minimum atomic E-state index is -0.322. The first-order valence-electron chi connectivity index (χ1n) is 7.48. The van der Waals surface area contributed by atoms with E-state index in [4.69, 9.17) is 11.6 Å². The van der Waals surface area contributed by atoms with Crippen molar-refractivity contribution in [1.82, 2.24) is 4.98 Å². The Morgan fingerprint density at radius 3 is 2.72 bits per heavy atom. The largest absolute Gasteiger partial charge is 1.00 e. The minimum Gasteiger partial charge on any atom is -1.00 e. The number of rotatable bonds is 3. The Morgan fingerprint density at radius 2 is 1.92 bits per heavy atom. The van der Waals surface area contributed by atoms with Crippen LogP contribution in [-0.2, 0) is 6.54 Å². The van der Waals surface area contributed by atoms with Crippen molar-refractivity contribution in [2.45, 2.75) is 6.54 Å². The monoisotopic (exact) mass is 390 g/mol. The molecule has 0 N–H and O–H groups in total. The van der Waals surface area contributed by atoms with E-state index in [1.54, 1.807) is 17.4 Å². The number of thiazole rings is 1. The van der Waals surface area contributed by atoms with E-state index in [-0.39, 0.29) is 18.2 Å². The van der Waals surface area contributed by atoms with Gasteiger partial charge in [0.1, 0.15) is 10.8 Å². The molecule has 0 atom stereocenters. The summed E-state index contributed by atoms with van der Waals surface area (Å²) in [6.07, 6.45) is 4.01. The molecule has 0 bridgehead atoms. The zero-order valence-corrected chi connectivity index (χ0v) is 15.3. The van der Waals surface area contributed by atoms with Gasteiger partial charge in [-0.15, -0.1) is 11.3 Å². The summed E-state index contributed by atoms with van der Waals surface area (Å²) in [7, 11) is 0. The molecule has 4 rings (SSSR count). The lowest BCUT2D eigenvalue weighted by molar-refractivity contribution is -0.687. The van der Waals surface area contributed by atoms with Gasteiger partial charge in [0.25, 0.3) is 0 Å². The third-order valence-corrected chi connectivity index (χ3v) is 5.20. The van der Waals surface area contributed by atoms with Crippen LogP contribution in [0.5, 0.6) is 0 Å². The quantitative estimate of drug-likeness (QED) is 0.489. The highest BCUT2D eigenvalue weighted by molar-refractivity contribution is 7.21. The smallest absolute Gasteiger partial charge is 0.179 e. The Labute approximate surface area is 160 Å². The van der Waals surface area contributed by atoms with Gasteiger partial charge in [0.15, 0.2) is 18.9 Å². The Balaban J connectivity index is 0.00000182. The molecule has 2 nitrogen and oxygen atoms in total. The van der Waals surface area contributed by atoms with Crippen LogP contribution in [0.15, 0.2) is 67.0 Å². The SMILES string of the molecule is Fc1ccc(C[n+]2cccc(-c3nc4ccccc4s3)c2)c(Cl)c1.[Cl-]. The van der Waals surface area contributed by atoms with Crippen LogP contribution >= 0.6 is 22.9 Å². The molecule has 25 heavy (non-hydrogen) atoms. The fraction of sp³-hybridized carbons (Fsp3) is 0.0526. The van der Waals surface area contributed by atoms with Gasteiger partial charge in [0, 0.05) is 11.6 Å². The fourth-order valence-electron chi connectivity index (χ4n) is 2.59. The summed E-state index contributed by atoms with van der Waals surface area (Å²) in [5, 5.41) is 1.42. The van der Waals surface area contributed by atoms with Gasteiger partial charge < -0.3 is 12.4 Å². The first-order valence-corrected chi connectivity index (χ1v) is 8.67. The van der Waals surface area contributed by atoms with Crippen LogP contribution in [0.2, 0.25) is 5.02 Å². The summed E-state index contributed by atoms with van der Waals surface area (Å²) in [4.78, 5) is 4.69. The van der Waals surface area contributed by atoms with Crippen molar-refractivity contribution in [3.05, 3.63) is 83.4 Å². The van der Waals surface area contributed by atoms with Gasteiger partial charge in [0.2, 0.25) is 0 Å². The molecule has 0 unspecified atom stereocenters. The molecule has 0 radical (unpaired) electrons. The molecular weight excluding hydrogens is 378 g/mol. The highest BCUT2D eigenvalue weighted by Crippen LogP contribution is 2.29. The predicted molar refractivity (Wildman–Crippen MR) is 95.8 cm³/mol. The molecule has 0 spiro atoms. The van der Waals surface area contributed by atoms with Crippen LogP contribution in [0, 0.1) is 5.82 Å². The maximum Gasteiger partial charge on any atom is 0.179 e. The maximum atomic E-state index is 13.2. The molecule has 6 heteroatoms. The van der Waals surface area contributed by atoms with E-state index in [1.165, 1.54) is 16.8 Å². The third kappa shape index (κ3) is 3.82. The fourth-order valence-corrected chi connectivity index (χ4v) is 3.77. The molecule has 0 aliphatic carbocycles. The zero-order valence-electron chi connectivity index (χ0n) is 13.0. The van der Waals surface area contributed by atoms with Crippen LogP contribution in [0.4, 0.5) is 4.39 Å². The van der Waals surface area contributed by atoms with Gasteiger partial charge in [-0.3, -0.25) is 0 Å². The van der Waals surface area contributed by atoms with Crippen molar-refractivity contribution in [3.8, 4) is 10.6 Å². The molecule has 0 aliphatic heterocycles. The molecule has 0 amide bonds. The highest BCUT2D eigenvalue weighted by atomic mass is 35.5. The summed E-state index contributed by atoms with van der Waals surface area (Å²) in [6.45, 7) is 0.581. The van der Waals surface area contributed by atoms with Gasteiger partial charge in [-0.05, 0) is 36.4 Å². The number of para-hydroxylation sites is 1. The van der Waals surface area contributed by atoms with Crippen LogP contribution in [0.25, 0.3) is 20.8 Å². The molecule has 4 aromatic rings. The molecule has 0 saturated heterocycles. The molecule has 0 saturated carbocycles. The van der Waals surface area contributed by atoms with Crippen LogP contribution in [0.3, 0.4) is 0 Å². The molecule has 2 aromatic heterocycles. The van der Waals surface area contributed by atoms with E-state index in [2.05, 4.69) is 11.1 Å². The topological polar surface area (TPSA) is 16.8 Å². The number of benzene rings is 2. The number of halogens is 3. The van der Waals surface area contributed by atoms with Crippen molar-refractivity contribution in [3.63, 3.8) is 0 Å². The number of hydrogen-bond donors (Lipinski definition) is 0. The van der Waals surface area contributed by atoms with Gasteiger partial charge in [-0.25, -0.2) is 13.9 Å². The van der Waals surface area contributed by atoms with E-state index in [0.717, 1.165) is 21.7 Å². The second-order valence-corrected chi connectivity index (χ2v) is 6.93. The second-order valence-electron chi connectivity index (χ2n) is 5.49. The first-order chi connectivity index (χ1) is 11.7. The predicted octanol–water partition coefficient (Wildman–Crippen LogP) is 2.10. The Bertz CT molecular complexity index is 1000. The Morgan fingerprint density at radius 1 is 1.08 bits per heavy atom.